The van der Waals surface area contributed by atoms with Gasteiger partial charge < -0.3 is 9.84 Å². The van der Waals surface area contributed by atoms with Crippen LogP contribution in [0.1, 0.15) is 25.7 Å². The number of benzene rings is 2. The lowest BCUT2D eigenvalue weighted by molar-refractivity contribution is -0.142. The summed E-state index contributed by atoms with van der Waals surface area (Å²) < 4.78 is 5.90. The lowest BCUT2D eigenvalue weighted by atomic mass is 9.89. The minimum Gasteiger partial charge on any atom is -0.494 e. The first kappa shape index (κ1) is 15.5. The number of carboxylic acid groups (broad SMARTS) is 1. The second-order valence-electron chi connectivity index (χ2n) is 6.93. The Kier molecular flexibility index (Phi) is 4.15. The molecule has 24 heavy (non-hydrogen) atoms. The Morgan fingerprint density at radius 2 is 2.00 bits per heavy atom. The summed E-state index contributed by atoms with van der Waals surface area (Å²) in [5.41, 5.74) is 0. The number of rotatable bonds is 6. The van der Waals surface area contributed by atoms with Gasteiger partial charge in [-0.15, -0.1) is 0 Å². The third-order valence-corrected chi connectivity index (χ3v) is 5.55. The van der Waals surface area contributed by atoms with E-state index in [4.69, 9.17) is 4.74 Å². The molecule has 0 aromatic heterocycles. The molecule has 4 rings (SSSR count). The second kappa shape index (κ2) is 6.44. The van der Waals surface area contributed by atoms with Gasteiger partial charge in [0.1, 0.15) is 5.75 Å². The van der Waals surface area contributed by atoms with E-state index in [1.807, 2.05) is 18.2 Å². The van der Waals surface area contributed by atoms with E-state index in [1.54, 1.807) is 0 Å². The van der Waals surface area contributed by atoms with E-state index in [9.17, 15) is 9.90 Å². The highest BCUT2D eigenvalue weighted by molar-refractivity contribution is 5.83. The molecule has 0 amide bonds. The zero-order chi connectivity index (χ0) is 16.5. The monoisotopic (exact) mass is 325 g/mol. The Morgan fingerprint density at radius 3 is 2.79 bits per heavy atom. The summed E-state index contributed by atoms with van der Waals surface area (Å²) in [6, 6.07) is 15.2. The fourth-order valence-corrected chi connectivity index (χ4v) is 4.41. The van der Waals surface area contributed by atoms with Crippen molar-refractivity contribution in [1.29, 1.82) is 0 Å². The molecule has 3 atom stereocenters. The number of carbonyl (C=O) groups is 1. The van der Waals surface area contributed by atoms with Gasteiger partial charge in [-0.2, -0.15) is 0 Å². The molecule has 0 spiro atoms. The molecular formula is C20H23NO3. The average Bonchev–Trinajstić information content (AvgIpc) is 3.16. The normalized spacial score (nSPS) is 26.1. The molecule has 2 aliphatic heterocycles. The lowest BCUT2D eigenvalue weighted by Gasteiger charge is -2.22. The van der Waals surface area contributed by atoms with Crippen molar-refractivity contribution in [2.24, 2.45) is 5.92 Å². The molecule has 3 unspecified atom stereocenters. The molecule has 0 saturated carbocycles. The van der Waals surface area contributed by atoms with Gasteiger partial charge in [-0.3, -0.25) is 9.69 Å². The molecule has 1 N–H and O–H groups in total. The molecule has 2 bridgehead atoms. The summed E-state index contributed by atoms with van der Waals surface area (Å²) in [5, 5.41) is 11.7. The highest BCUT2D eigenvalue weighted by Crippen LogP contribution is 2.41. The summed E-state index contributed by atoms with van der Waals surface area (Å²) in [5.74, 6) is 0.117. The molecule has 2 aromatic rings. The maximum atomic E-state index is 11.3. The zero-order valence-corrected chi connectivity index (χ0v) is 13.7. The number of hydrogen-bond donors (Lipinski definition) is 1. The van der Waals surface area contributed by atoms with Crippen LogP contribution in [0.15, 0.2) is 42.5 Å². The molecule has 126 valence electrons. The van der Waals surface area contributed by atoms with Gasteiger partial charge in [0.25, 0.3) is 0 Å². The van der Waals surface area contributed by atoms with Crippen molar-refractivity contribution in [2.45, 2.75) is 37.8 Å². The van der Waals surface area contributed by atoms with E-state index >= 15 is 0 Å². The quantitative estimate of drug-likeness (QED) is 0.825. The van der Waals surface area contributed by atoms with Gasteiger partial charge in [0, 0.05) is 18.6 Å². The summed E-state index contributed by atoms with van der Waals surface area (Å²) >= 11 is 0. The molecule has 0 radical (unpaired) electrons. The minimum atomic E-state index is -0.625. The first-order chi connectivity index (χ1) is 11.7. The second-order valence-corrected chi connectivity index (χ2v) is 6.93. The maximum Gasteiger partial charge on any atom is 0.308 e. The van der Waals surface area contributed by atoms with E-state index in [0.29, 0.717) is 12.6 Å². The van der Waals surface area contributed by atoms with Crippen LogP contribution in [-0.2, 0) is 4.79 Å². The van der Waals surface area contributed by atoms with Crippen LogP contribution in [0.25, 0.3) is 10.8 Å². The van der Waals surface area contributed by atoms with Gasteiger partial charge in [-0.25, -0.2) is 0 Å². The molecule has 2 saturated heterocycles. The molecular weight excluding hydrogens is 302 g/mol. The number of hydrogen-bond acceptors (Lipinski definition) is 3. The van der Waals surface area contributed by atoms with Crippen LogP contribution in [0.2, 0.25) is 0 Å². The van der Waals surface area contributed by atoms with Crippen LogP contribution in [0, 0.1) is 5.92 Å². The van der Waals surface area contributed by atoms with Gasteiger partial charge in [0.15, 0.2) is 0 Å². The van der Waals surface area contributed by atoms with Crippen molar-refractivity contribution >= 4 is 16.7 Å². The third-order valence-electron chi connectivity index (χ3n) is 5.55. The van der Waals surface area contributed by atoms with Crippen molar-refractivity contribution in [3.63, 3.8) is 0 Å². The lowest BCUT2D eigenvalue weighted by Crippen LogP contribution is -2.34. The standard InChI is InChI=1S/C20H23NO3/c22-20(23)18-13-16-7-9-19(18)21(16)10-3-11-24-17-8-6-14-4-1-2-5-15(14)12-17/h1-2,4-6,8,12,16,18-19H,3,7,9-11,13H2,(H,22,23). The van der Waals surface area contributed by atoms with Gasteiger partial charge >= 0.3 is 5.97 Å². The summed E-state index contributed by atoms with van der Waals surface area (Å²) in [7, 11) is 0. The first-order valence-corrected chi connectivity index (χ1v) is 8.82. The smallest absolute Gasteiger partial charge is 0.308 e. The van der Waals surface area contributed by atoms with Gasteiger partial charge in [-0.05, 0) is 48.6 Å². The topological polar surface area (TPSA) is 49.8 Å². The van der Waals surface area contributed by atoms with E-state index in [2.05, 4.69) is 29.2 Å². The zero-order valence-electron chi connectivity index (χ0n) is 13.7. The fraction of sp³-hybridized carbons (Fsp3) is 0.450. The van der Waals surface area contributed by atoms with E-state index in [1.165, 1.54) is 10.8 Å². The van der Waals surface area contributed by atoms with E-state index in [-0.39, 0.29) is 12.0 Å². The molecule has 2 fully saturated rings. The molecule has 2 aliphatic rings. The Bertz CT molecular complexity index is 744. The number of ether oxygens (including phenoxy) is 1. The van der Waals surface area contributed by atoms with Crippen molar-refractivity contribution in [2.75, 3.05) is 13.2 Å². The van der Waals surface area contributed by atoms with Crippen LogP contribution < -0.4 is 4.74 Å². The van der Waals surface area contributed by atoms with Crippen LogP contribution in [0.3, 0.4) is 0 Å². The Morgan fingerprint density at radius 1 is 1.17 bits per heavy atom. The third kappa shape index (κ3) is 2.86. The van der Waals surface area contributed by atoms with Crippen molar-refractivity contribution in [1.82, 2.24) is 4.90 Å². The molecule has 4 nitrogen and oxygen atoms in total. The van der Waals surface area contributed by atoms with E-state index in [0.717, 1.165) is 38.0 Å². The average molecular weight is 325 g/mol. The van der Waals surface area contributed by atoms with Gasteiger partial charge in [0.05, 0.1) is 12.5 Å². The highest BCUT2D eigenvalue weighted by atomic mass is 16.5. The number of carboxylic acids is 1. The predicted octanol–water partition coefficient (Wildman–Crippen LogP) is 3.55. The minimum absolute atomic E-state index is 0.162. The van der Waals surface area contributed by atoms with Crippen molar-refractivity contribution < 1.29 is 14.6 Å². The van der Waals surface area contributed by atoms with E-state index < -0.39 is 5.97 Å². The SMILES string of the molecule is O=C(O)C1CC2CCC1N2CCCOc1ccc2ccccc2c1. The number of nitrogens with zero attached hydrogens (tertiary/aromatic N) is 1. The van der Waals surface area contributed by atoms with Crippen molar-refractivity contribution in [3.05, 3.63) is 42.5 Å². The van der Waals surface area contributed by atoms with Gasteiger partial charge in [-0.1, -0.05) is 30.3 Å². The highest BCUT2D eigenvalue weighted by Gasteiger charge is 2.48. The summed E-state index contributed by atoms with van der Waals surface area (Å²) in [6.07, 6.45) is 3.95. The van der Waals surface area contributed by atoms with Crippen LogP contribution in [0.5, 0.6) is 5.75 Å². The molecule has 2 aromatic carbocycles. The fourth-order valence-electron chi connectivity index (χ4n) is 4.41. The van der Waals surface area contributed by atoms with Crippen LogP contribution in [-0.4, -0.2) is 41.2 Å². The van der Waals surface area contributed by atoms with Crippen LogP contribution in [0.4, 0.5) is 0 Å². The Labute approximate surface area is 142 Å². The Hall–Kier alpha value is -2.07. The maximum absolute atomic E-state index is 11.3. The van der Waals surface area contributed by atoms with Crippen molar-refractivity contribution in [3.8, 4) is 5.75 Å². The molecule has 0 aliphatic carbocycles. The summed E-state index contributed by atoms with van der Waals surface area (Å²) in [6.45, 7) is 1.61. The molecule has 2 heterocycles. The summed E-state index contributed by atoms with van der Waals surface area (Å²) in [4.78, 5) is 13.7. The largest absolute Gasteiger partial charge is 0.494 e. The van der Waals surface area contributed by atoms with Gasteiger partial charge in [0.2, 0.25) is 0 Å². The first-order valence-electron chi connectivity index (χ1n) is 8.82. The Balaban J connectivity index is 1.29. The van der Waals surface area contributed by atoms with Crippen LogP contribution >= 0.6 is 0 Å². The number of fused-ring (bicyclic) bond motifs is 3. The predicted molar refractivity (Wildman–Crippen MR) is 93.3 cm³/mol. The molecule has 4 heteroatoms. The number of aliphatic carboxylic acids is 1.